The predicted molar refractivity (Wildman–Crippen MR) is 47.0 cm³/mol. The highest BCUT2D eigenvalue weighted by Gasteiger charge is 2.07. The van der Waals surface area contributed by atoms with Crippen molar-refractivity contribution in [1.82, 2.24) is 0 Å². The molecule has 1 rings (SSSR count). The lowest BCUT2D eigenvalue weighted by molar-refractivity contribution is 0.267. The minimum atomic E-state index is -0.565. The van der Waals surface area contributed by atoms with Crippen LogP contribution in [0.1, 0.15) is 11.6 Å². The SMILES string of the molecule is COc1cc(F)cc([C@H](N)CO)c1. The number of hydrogen-bond acceptors (Lipinski definition) is 3. The van der Waals surface area contributed by atoms with Crippen LogP contribution in [0.4, 0.5) is 4.39 Å². The van der Waals surface area contributed by atoms with E-state index in [0.29, 0.717) is 11.3 Å². The first kappa shape index (κ1) is 9.95. The van der Waals surface area contributed by atoms with Gasteiger partial charge >= 0.3 is 0 Å². The summed E-state index contributed by atoms with van der Waals surface area (Å²) >= 11 is 0. The molecule has 4 heteroatoms. The van der Waals surface area contributed by atoms with E-state index in [-0.39, 0.29) is 6.61 Å². The lowest BCUT2D eigenvalue weighted by Crippen LogP contribution is -2.14. The van der Waals surface area contributed by atoms with E-state index in [0.717, 1.165) is 0 Å². The van der Waals surface area contributed by atoms with E-state index in [9.17, 15) is 4.39 Å². The molecular formula is C9H12FNO2. The number of aliphatic hydroxyl groups excluding tert-OH is 1. The second-order valence-corrected chi connectivity index (χ2v) is 2.71. The Morgan fingerprint density at radius 2 is 2.23 bits per heavy atom. The lowest BCUT2D eigenvalue weighted by atomic mass is 10.1. The third-order valence-electron chi connectivity index (χ3n) is 1.75. The Kier molecular flexibility index (Phi) is 3.22. The molecule has 1 atom stereocenters. The van der Waals surface area contributed by atoms with E-state index >= 15 is 0 Å². The Balaban J connectivity index is 3.01. The summed E-state index contributed by atoms with van der Waals surface area (Å²) in [6.07, 6.45) is 0. The minimum Gasteiger partial charge on any atom is -0.497 e. The molecule has 0 heterocycles. The summed E-state index contributed by atoms with van der Waals surface area (Å²) in [4.78, 5) is 0. The van der Waals surface area contributed by atoms with Crippen molar-refractivity contribution in [3.63, 3.8) is 0 Å². The average Bonchev–Trinajstić information content (AvgIpc) is 2.15. The second-order valence-electron chi connectivity index (χ2n) is 2.71. The van der Waals surface area contributed by atoms with Gasteiger partial charge in [-0.25, -0.2) is 4.39 Å². The van der Waals surface area contributed by atoms with Crippen molar-refractivity contribution in [2.24, 2.45) is 5.73 Å². The predicted octanol–water partition coefficient (Wildman–Crippen LogP) is 0.826. The third kappa shape index (κ3) is 2.40. The van der Waals surface area contributed by atoms with Gasteiger partial charge in [0.2, 0.25) is 0 Å². The topological polar surface area (TPSA) is 55.5 Å². The molecule has 0 spiro atoms. The summed E-state index contributed by atoms with van der Waals surface area (Å²) in [6.45, 7) is -0.216. The van der Waals surface area contributed by atoms with E-state index < -0.39 is 11.9 Å². The lowest BCUT2D eigenvalue weighted by Gasteiger charge is -2.10. The highest BCUT2D eigenvalue weighted by Crippen LogP contribution is 2.19. The molecule has 0 aromatic heterocycles. The number of nitrogens with two attached hydrogens (primary N) is 1. The molecule has 0 saturated carbocycles. The van der Waals surface area contributed by atoms with Gasteiger partial charge in [0, 0.05) is 6.07 Å². The van der Waals surface area contributed by atoms with E-state index in [1.807, 2.05) is 0 Å². The van der Waals surface area contributed by atoms with Crippen LogP contribution in [-0.4, -0.2) is 18.8 Å². The Hall–Kier alpha value is -1.13. The molecule has 0 aliphatic carbocycles. The first-order valence-electron chi connectivity index (χ1n) is 3.88. The molecule has 0 saturated heterocycles. The molecule has 3 N–H and O–H groups in total. The molecule has 72 valence electrons. The third-order valence-corrected chi connectivity index (χ3v) is 1.75. The fraction of sp³-hybridized carbons (Fsp3) is 0.333. The van der Waals surface area contributed by atoms with Gasteiger partial charge in [-0.2, -0.15) is 0 Å². The highest BCUT2D eigenvalue weighted by atomic mass is 19.1. The van der Waals surface area contributed by atoms with Gasteiger partial charge in [0.1, 0.15) is 11.6 Å². The van der Waals surface area contributed by atoms with Crippen LogP contribution in [-0.2, 0) is 0 Å². The quantitative estimate of drug-likeness (QED) is 0.733. The van der Waals surface area contributed by atoms with Gasteiger partial charge < -0.3 is 15.6 Å². The van der Waals surface area contributed by atoms with Crippen molar-refractivity contribution in [3.8, 4) is 5.75 Å². The van der Waals surface area contributed by atoms with Crippen molar-refractivity contribution in [1.29, 1.82) is 0 Å². The van der Waals surface area contributed by atoms with Crippen LogP contribution in [0.25, 0.3) is 0 Å². The normalized spacial score (nSPS) is 12.6. The van der Waals surface area contributed by atoms with E-state index in [1.54, 1.807) is 6.07 Å². The molecule has 13 heavy (non-hydrogen) atoms. The van der Waals surface area contributed by atoms with E-state index in [2.05, 4.69) is 0 Å². The molecule has 0 fully saturated rings. The van der Waals surface area contributed by atoms with Crippen LogP contribution in [0.15, 0.2) is 18.2 Å². The zero-order chi connectivity index (χ0) is 9.84. The molecule has 3 nitrogen and oxygen atoms in total. The van der Waals surface area contributed by atoms with Crippen molar-refractivity contribution in [3.05, 3.63) is 29.6 Å². The maximum absolute atomic E-state index is 12.9. The zero-order valence-electron chi connectivity index (χ0n) is 7.33. The van der Waals surface area contributed by atoms with Crippen LogP contribution in [0.2, 0.25) is 0 Å². The van der Waals surface area contributed by atoms with E-state index in [1.165, 1.54) is 19.2 Å². The number of rotatable bonds is 3. The van der Waals surface area contributed by atoms with Crippen LogP contribution in [0.3, 0.4) is 0 Å². The Bertz CT molecular complexity index is 291. The maximum atomic E-state index is 12.9. The molecule has 1 aromatic carbocycles. The summed E-state index contributed by atoms with van der Waals surface area (Å²) in [6, 6.07) is 3.57. The first-order chi connectivity index (χ1) is 6.17. The molecule has 0 aliphatic rings. The molecule has 0 unspecified atom stereocenters. The van der Waals surface area contributed by atoms with Crippen LogP contribution in [0.5, 0.6) is 5.75 Å². The van der Waals surface area contributed by atoms with E-state index in [4.69, 9.17) is 15.6 Å². The first-order valence-corrected chi connectivity index (χ1v) is 3.88. The summed E-state index contributed by atoms with van der Waals surface area (Å²) < 4.78 is 17.7. The fourth-order valence-electron chi connectivity index (χ4n) is 1.02. The van der Waals surface area contributed by atoms with Crippen molar-refractivity contribution >= 4 is 0 Å². The zero-order valence-corrected chi connectivity index (χ0v) is 7.33. The van der Waals surface area contributed by atoms with Crippen LogP contribution in [0, 0.1) is 5.82 Å². The summed E-state index contributed by atoms with van der Waals surface area (Å²) in [5.41, 5.74) is 6.04. The minimum absolute atomic E-state index is 0.216. The fourth-order valence-corrected chi connectivity index (χ4v) is 1.02. The van der Waals surface area contributed by atoms with Gasteiger partial charge in [-0.1, -0.05) is 0 Å². The van der Waals surface area contributed by atoms with Crippen LogP contribution >= 0.6 is 0 Å². The molecule has 0 radical (unpaired) electrons. The maximum Gasteiger partial charge on any atom is 0.127 e. The van der Waals surface area contributed by atoms with Gasteiger partial charge in [-0.05, 0) is 17.7 Å². The largest absolute Gasteiger partial charge is 0.497 e. The van der Waals surface area contributed by atoms with Crippen molar-refractivity contribution < 1.29 is 14.2 Å². The number of benzene rings is 1. The van der Waals surface area contributed by atoms with Gasteiger partial charge in [0.15, 0.2) is 0 Å². The van der Waals surface area contributed by atoms with Gasteiger partial charge in [0.25, 0.3) is 0 Å². The summed E-state index contributed by atoms with van der Waals surface area (Å²) in [5, 5.41) is 8.75. The number of halogens is 1. The molecular weight excluding hydrogens is 173 g/mol. The van der Waals surface area contributed by atoms with Gasteiger partial charge in [-0.3, -0.25) is 0 Å². The Morgan fingerprint density at radius 1 is 1.54 bits per heavy atom. The number of ether oxygens (including phenoxy) is 1. The summed E-state index contributed by atoms with van der Waals surface area (Å²) in [5.74, 6) is -0.0165. The molecule has 0 aliphatic heterocycles. The molecule has 1 aromatic rings. The average molecular weight is 185 g/mol. The Morgan fingerprint density at radius 3 is 2.77 bits per heavy atom. The second kappa shape index (κ2) is 4.20. The smallest absolute Gasteiger partial charge is 0.127 e. The highest BCUT2D eigenvalue weighted by molar-refractivity contribution is 5.31. The number of methoxy groups -OCH3 is 1. The Labute approximate surface area is 75.9 Å². The van der Waals surface area contributed by atoms with Crippen LogP contribution < -0.4 is 10.5 Å². The standard InChI is InChI=1S/C9H12FNO2/c1-13-8-3-6(9(11)5-12)2-7(10)4-8/h2-4,9,12H,5,11H2,1H3/t9-/m1/s1. The number of aliphatic hydroxyl groups is 1. The van der Waals surface area contributed by atoms with Crippen molar-refractivity contribution in [2.45, 2.75) is 6.04 Å². The molecule has 0 bridgehead atoms. The number of hydrogen-bond donors (Lipinski definition) is 2. The van der Waals surface area contributed by atoms with Crippen molar-refractivity contribution in [2.75, 3.05) is 13.7 Å². The van der Waals surface area contributed by atoms with Gasteiger partial charge in [0.05, 0.1) is 19.8 Å². The monoisotopic (exact) mass is 185 g/mol. The van der Waals surface area contributed by atoms with Gasteiger partial charge in [-0.15, -0.1) is 0 Å². The molecule has 0 amide bonds. The summed E-state index contributed by atoms with van der Waals surface area (Å²) in [7, 11) is 1.45.